The van der Waals surface area contributed by atoms with Crippen LogP contribution in [0, 0.1) is 6.92 Å². The lowest BCUT2D eigenvalue weighted by atomic mass is 10.1. The number of amides is 1. The highest BCUT2D eigenvalue weighted by atomic mass is 16.5. The van der Waals surface area contributed by atoms with Gasteiger partial charge in [0.15, 0.2) is 0 Å². The average molecular weight is 293 g/mol. The minimum Gasteiger partial charge on any atom is -0.480 e. The van der Waals surface area contributed by atoms with E-state index in [1.165, 1.54) is 11.1 Å². The predicted molar refractivity (Wildman–Crippen MR) is 80.2 cm³/mol. The van der Waals surface area contributed by atoms with Gasteiger partial charge in [0, 0.05) is 13.1 Å². The van der Waals surface area contributed by atoms with Crippen molar-refractivity contribution in [2.45, 2.75) is 26.7 Å². The van der Waals surface area contributed by atoms with E-state index in [0.717, 1.165) is 12.8 Å². The van der Waals surface area contributed by atoms with Crippen LogP contribution in [0.2, 0.25) is 0 Å². The van der Waals surface area contributed by atoms with Gasteiger partial charge in [0.1, 0.15) is 13.2 Å². The van der Waals surface area contributed by atoms with E-state index in [-0.39, 0.29) is 12.5 Å². The van der Waals surface area contributed by atoms with Gasteiger partial charge in [-0.2, -0.15) is 0 Å². The Hall–Kier alpha value is -1.88. The number of nitrogens with zero attached hydrogens (tertiary/aromatic N) is 1. The van der Waals surface area contributed by atoms with Gasteiger partial charge in [0.05, 0.1) is 0 Å². The molecule has 0 fully saturated rings. The number of benzene rings is 1. The molecule has 0 aliphatic heterocycles. The van der Waals surface area contributed by atoms with E-state index in [2.05, 4.69) is 24.3 Å². The van der Waals surface area contributed by atoms with Crippen molar-refractivity contribution in [1.29, 1.82) is 0 Å². The molecule has 5 heteroatoms. The quantitative estimate of drug-likeness (QED) is 0.755. The molecular formula is C16H23NO4. The molecule has 1 amide bonds. The van der Waals surface area contributed by atoms with E-state index >= 15 is 0 Å². The van der Waals surface area contributed by atoms with Gasteiger partial charge in [-0.25, -0.2) is 4.79 Å². The molecule has 1 N–H and O–H groups in total. The molecule has 1 aromatic carbocycles. The fraction of sp³-hybridized carbons (Fsp3) is 0.500. The van der Waals surface area contributed by atoms with Gasteiger partial charge in [-0.3, -0.25) is 4.79 Å². The predicted octanol–water partition coefficient (Wildman–Crippen LogP) is 1.88. The molecule has 0 saturated carbocycles. The molecule has 5 nitrogen and oxygen atoms in total. The van der Waals surface area contributed by atoms with Gasteiger partial charge in [0.25, 0.3) is 0 Å². The van der Waals surface area contributed by atoms with E-state index in [1.54, 1.807) is 4.90 Å². The van der Waals surface area contributed by atoms with Crippen LogP contribution in [0.5, 0.6) is 0 Å². The molecule has 0 radical (unpaired) electrons. The van der Waals surface area contributed by atoms with Crippen LogP contribution in [0.3, 0.4) is 0 Å². The summed E-state index contributed by atoms with van der Waals surface area (Å²) >= 11 is 0. The second kappa shape index (κ2) is 9.13. The first-order chi connectivity index (χ1) is 10.0. The van der Waals surface area contributed by atoms with Gasteiger partial charge in [-0.1, -0.05) is 36.8 Å². The Morgan fingerprint density at radius 3 is 2.38 bits per heavy atom. The van der Waals surface area contributed by atoms with Gasteiger partial charge in [-0.15, -0.1) is 0 Å². The third kappa shape index (κ3) is 6.90. The van der Waals surface area contributed by atoms with Crippen LogP contribution < -0.4 is 0 Å². The maximum Gasteiger partial charge on any atom is 0.329 e. The molecule has 21 heavy (non-hydrogen) atoms. The van der Waals surface area contributed by atoms with Crippen molar-refractivity contribution in [2.24, 2.45) is 0 Å². The van der Waals surface area contributed by atoms with E-state index in [4.69, 9.17) is 9.84 Å². The summed E-state index contributed by atoms with van der Waals surface area (Å²) in [6, 6.07) is 8.23. The third-order valence-electron chi connectivity index (χ3n) is 3.09. The second-order valence-electron chi connectivity index (χ2n) is 5.00. The van der Waals surface area contributed by atoms with Gasteiger partial charge in [-0.05, 0) is 25.3 Å². The summed E-state index contributed by atoms with van der Waals surface area (Å²) in [6.45, 7) is 4.69. The van der Waals surface area contributed by atoms with Crippen LogP contribution in [0.1, 0.15) is 24.5 Å². The number of aryl methyl sites for hydroxylation is 1. The fourth-order valence-electron chi connectivity index (χ4n) is 1.97. The molecule has 116 valence electrons. The maximum absolute atomic E-state index is 12.0. The van der Waals surface area contributed by atoms with E-state index in [0.29, 0.717) is 13.1 Å². The molecular weight excluding hydrogens is 270 g/mol. The highest BCUT2D eigenvalue weighted by molar-refractivity contribution is 5.78. The maximum atomic E-state index is 12.0. The monoisotopic (exact) mass is 293 g/mol. The second-order valence-corrected chi connectivity index (χ2v) is 5.00. The molecule has 0 aliphatic carbocycles. The Balaban J connectivity index is 2.46. The number of hydrogen-bond donors (Lipinski definition) is 1. The molecule has 0 aromatic heterocycles. The van der Waals surface area contributed by atoms with Crippen LogP contribution in [0.15, 0.2) is 24.3 Å². The highest BCUT2D eigenvalue weighted by Crippen LogP contribution is 2.05. The van der Waals surface area contributed by atoms with Crippen molar-refractivity contribution in [2.75, 3.05) is 26.3 Å². The minimum atomic E-state index is -1.07. The number of carboxylic acid groups (broad SMARTS) is 1. The molecule has 0 bridgehead atoms. The number of rotatable bonds is 9. The Labute approximate surface area is 125 Å². The standard InChI is InChI=1S/C16H23NO4/c1-3-9-17(15(18)11-21-12-16(19)20)10-8-14-6-4-13(2)5-7-14/h4-7H,3,8-12H2,1-2H3,(H,19,20). The average Bonchev–Trinajstić information content (AvgIpc) is 2.44. The normalized spacial score (nSPS) is 10.4. The summed E-state index contributed by atoms with van der Waals surface area (Å²) in [5.74, 6) is -1.23. The van der Waals surface area contributed by atoms with Crippen LogP contribution in [-0.4, -0.2) is 48.2 Å². The zero-order chi connectivity index (χ0) is 15.7. The lowest BCUT2D eigenvalue weighted by Gasteiger charge is -2.22. The van der Waals surface area contributed by atoms with E-state index < -0.39 is 12.6 Å². The topological polar surface area (TPSA) is 66.8 Å². The molecule has 0 atom stereocenters. The third-order valence-corrected chi connectivity index (χ3v) is 3.09. The van der Waals surface area contributed by atoms with Gasteiger partial charge in [0.2, 0.25) is 5.91 Å². The van der Waals surface area contributed by atoms with Crippen LogP contribution >= 0.6 is 0 Å². The van der Waals surface area contributed by atoms with E-state index in [1.807, 2.05) is 13.8 Å². The van der Waals surface area contributed by atoms with Crippen molar-refractivity contribution < 1.29 is 19.4 Å². The lowest BCUT2D eigenvalue weighted by Crippen LogP contribution is -2.36. The number of ether oxygens (including phenoxy) is 1. The first kappa shape index (κ1) is 17.2. The molecule has 1 rings (SSSR count). The van der Waals surface area contributed by atoms with Crippen LogP contribution in [0.4, 0.5) is 0 Å². The molecule has 0 aliphatic rings. The molecule has 0 unspecified atom stereocenters. The molecule has 0 spiro atoms. The highest BCUT2D eigenvalue weighted by Gasteiger charge is 2.13. The summed E-state index contributed by atoms with van der Waals surface area (Å²) in [7, 11) is 0. The number of hydrogen-bond acceptors (Lipinski definition) is 3. The fourth-order valence-corrected chi connectivity index (χ4v) is 1.97. The summed E-state index contributed by atoms with van der Waals surface area (Å²) in [5.41, 5.74) is 2.39. The first-order valence-electron chi connectivity index (χ1n) is 7.15. The Morgan fingerprint density at radius 2 is 1.81 bits per heavy atom. The summed E-state index contributed by atoms with van der Waals surface area (Å²) in [4.78, 5) is 24.1. The number of carbonyl (C=O) groups excluding carboxylic acids is 1. The summed E-state index contributed by atoms with van der Waals surface area (Å²) < 4.78 is 4.86. The molecule has 0 saturated heterocycles. The number of carbonyl (C=O) groups is 2. The van der Waals surface area contributed by atoms with Crippen molar-refractivity contribution in [3.63, 3.8) is 0 Å². The zero-order valence-electron chi connectivity index (χ0n) is 12.7. The van der Waals surface area contributed by atoms with Crippen molar-refractivity contribution in [1.82, 2.24) is 4.90 Å². The molecule has 1 aromatic rings. The Bertz CT molecular complexity index is 456. The van der Waals surface area contributed by atoms with Gasteiger partial charge < -0.3 is 14.7 Å². The van der Waals surface area contributed by atoms with Crippen LogP contribution in [-0.2, 0) is 20.7 Å². The van der Waals surface area contributed by atoms with Crippen LogP contribution in [0.25, 0.3) is 0 Å². The summed E-state index contributed by atoms with van der Waals surface area (Å²) in [6.07, 6.45) is 1.64. The smallest absolute Gasteiger partial charge is 0.329 e. The van der Waals surface area contributed by atoms with Crippen molar-refractivity contribution in [3.05, 3.63) is 35.4 Å². The Kier molecular flexibility index (Phi) is 7.46. The van der Waals surface area contributed by atoms with Crippen molar-refractivity contribution >= 4 is 11.9 Å². The minimum absolute atomic E-state index is 0.162. The summed E-state index contributed by atoms with van der Waals surface area (Å²) in [5, 5.41) is 8.49. The number of aliphatic carboxylic acids is 1. The van der Waals surface area contributed by atoms with Gasteiger partial charge >= 0.3 is 5.97 Å². The largest absolute Gasteiger partial charge is 0.480 e. The lowest BCUT2D eigenvalue weighted by molar-refractivity contribution is -0.145. The van der Waals surface area contributed by atoms with E-state index in [9.17, 15) is 9.59 Å². The SMILES string of the molecule is CCCN(CCc1ccc(C)cc1)C(=O)COCC(=O)O. The number of carboxylic acids is 1. The zero-order valence-corrected chi connectivity index (χ0v) is 12.7. The first-order valence-corrected chi connectivity index (χ1v) is 7.15. The van der Waals surface area contributed by atoms with Crippen molar-refractivity contribution in [3.8, 4) is 0 Å². The Morgan fingerprint density at radius 1 is 1.14 bits per heavy atom. The molecule has 0 heterocycles.